The molecule has 4 aliphatic rings. The first-order valence-corrected chi connectivity index (χ1v) is 15.3. The zero-order valence-corrected chi connectivity index (χ0v) is 25.3. The van der Waals surface area contributed by atoms with Crippen molar-refractivity contribution in [2.24, 2.45) is 17.8 Å². The minimum Gasteiger partial charge on any atom is -0.448 e. The van der Waals surface area contributed by atoms with E-state index in [1.54, 1.807) is 6.20 Å². The Morgan fingerprint density at radius 2 is 1.83 bits per heavy atom. The van der Waals surface area contributed by atoms with Crippen molar-refractivity contribution in [2.75, 3.05) is 27.2 Å². The molecule has 1 saturated carbocycles. The molecule has 2 amide bonds. The van der Waals surface area contributed by atoms with Crippen LogP contribution >= 0.6 is 0 Å². The van der Waals surface area contributed by atoms with Gasteiger partial charge in [-0.05, 0) is 84.0 Å². The molecule has 8 nitrogen and oxygen atoms in total. The van der Waals surface area contributed by atoms with Crippen LogP contribution in [0.25, 0.3) is 11.1 Å². The van der Waals surface area contributed by atoms with Crippen LogP contribution in [0.5, 0.6) is 11.5 Å². The maximum absolute atomic E-state index is 14.2. The third-order valence-electron chi connectivity index (χ3n) is 10.2. The second kappa shape index (κ2) is 10.6. The average Bonchev–Trinajstić information content (AvgIpc) is 3.31. The molecule has 2 aromatic rings. The van der Waals surface area contributed by atoms with E-state index in [2.05, 4.69) is 43.1 Å². The van der Waals surface area contributed by atoms with Crippen LogP contribution in [0.1, 0.15) is 74.4 Å². The standard InChI is InChI=1S/C33H44N4O4/c1-19-16-20(2)35-31(38)26(19)18-37-15-13-25-27(32(37)39)21(3)29-30(28(25)22-8-7-14-34-17-22)41-33(4,40-29)23-9-11-24(12-10-23)36(5)6/h7-8,14,17,19-20,23-24,26H,9-13,15-16,18H2,1-6H3,(H,35,38)/t19?,20?,23?,24?,26?,33-/m1/s1. The number of carbonyl (C=O) groups excluding carboxylic acids is 2. The number of hydrogen-bond acceptors (Lipinski definition) is 6. The number of amides is 2. The molecule has 0 spiro atoms. The summed E-state index contributed by atoms with van der Waals surface area (Å²) in [5, 5.41) is 3.09. The maximum Gasteiger partial charge on any atom is 0.254 e. The smallest absolute Gasteiger partial charge is 0.254 e. The van der Waals surface area contributed by atoms with Crippen LogP contribution in [-0.2, 0) is 11.2 Å². The van der Waals surface area contributed by atoms with Gasteiger partial charge in [-0.2, -0.15) is 0 Å². The number of rotatable bonds is 5. The van der Waals surface area contributed by atoms with Gasteiger partial charge in [0.15, 0.2) is 11.5 Å². The number of nitrogens with zero attached hydrogens (tertiary/aromatic N) is 3. The number of fused-ring (bicyclic) bond motifs is 2. The third kappa shape index (κ3) is 4.88. The predicted molar refractivity (Wildman–Crippen MR) is 158 cm³/mol. The third-order valence-corrected chi connectivity index (χ3v) is 10.2. The number of pyridine rings is 1. The highest BCUT2D eigenvalue weighted by Gasteiger charge is 2.49. The summed E-state index contributed by atoms with van der Waals surface area (Å²) in [4.78, 5) is 35.7. The summed E-state index contributed by atoms with van der Waals surface area (Å²) in [6, 6.07) is 4.71. The van der Waals surface area contributed by atoms with Gasteiger partial charge in [-0.25, -0.2) is 0 Å². The minimum absolute atomic E-state index is 0.0287. The second-order valence-corrected chi connectivity index (χ2v) is 13.2. The predicted octanol–water partition coefficient (Wildman–Crippen LogP) is 4.82. The van der Waals surface area contributed by atoms with Crippen LogP contribution in [0.15, 0.2) is 24.5 Å². The van der Waals surface area contributed by atoms with Crippen LogP contribution in [0.3, 0.4) is 0 Å². The van der Waals surface area contributed by atoms with Gasteiger partial charge in [0.2, 0.25) is 5.91 Å². The molecule has 4 atom stereocenters. The van der Waals surface area contributed by atoms with Gasteiger partial charge < -0.3 is 24.6 Å². The summed E-state index contributed by atoms with van der Waals surface area (Å²) in [6.07, 6.45) is 9.50. The molecule has 1 N–H and O–H groups in total. The number of ether oxygens (including phenoxy) is 2. The van der Waals surface area contributed by atoms with Crippen LogP contribution in [0.2, 0.25) is 0 Å². The number of carbonyl (C=O) groups is 2. The van der Waals surface area contributed by atoms with Crippen LogP contribution in [-0.4, -0.2) is 71.7 Å². The molecule has 1 aliphatic carbocycles. The SMILES string of the molecule is Cc1c2c(c(-c3cccnc3)c3c1C(=O)N(CC1C(=O)NC(C)CC1C)CC3)O[C@](C)(C1CCC(N(C)C)CC1)O2. The molecule has 6 rings (SSSR count). The lowest BCUT2D eigenvalue weighted by Gasteiger charge is -2.39. The Morgan fingerprint density at radius 3 is 2.49 bits per heavy atom. The summed E-state index contributed by atoms with van der Waals surface area (Å²) in [5.41, 5.74) is 4.37. The van der Waals surface area contributed by atoms with Gasteiger partial charge in [-0.1, -0.05) is 13.0 Å². The Bertz CT molecular complexity index is 1340. The molecule has 1 aromatic heterocycles. The van der Waals surface area contributed by atoms with Crippen LogP contribution < -0.4 is 14.8 Å². The van der Waals surface area contributed by atoms with Crippen molar-refractivity contribution in [2.45, 2.75) is 84.1 Å². The number of hydrogen-bond donors (Lipinski definition) is 1. The van der Waals surface area contributed by atoms with Crippen LogP contribution in [0.4, 0.5) is 0 Å². The Morgan fingerprint density at radius 1 is 1.10 bits per heavy atom. The molecular formula is C33H44N4O4. The quantitative estimate of drug-likeness (QED) is 0.564. The Labute approximate surface area is 243 Å². The molecular weight excluding hydrogens is 516 g/mol. The molecule has 3 aliphatic heterocycles. The lowest BCUT2D eigenvalue weighted by molar-refractivity contribution is -0.130. The zero-order valence-electron chi connectivity index (χ0n) is 25.3. The van der Waals surface area contributed by atoms with Crippen molar-refractivity contribution in [1.29, 1.82) is 0 Å². The van der Waals surface area contributed by atoms with Crippen molar-refractivity contribution in [1.82, 2.24) is 20.1 Å². The number of aromatic nitrogens is 1. The highest BCUT2D eigenvalue weighted by Crippen LogP contribution is 2.55. The molecule has 41 heavy (non-hydrogen) atoms. The Kier molecular flexibility index (Phi) is 7.25. The summed E-state index contributed by atoms with van der Waals surface area (Å²) in [7, 11) is 4.31. The number of benzene rings is 1. The van der Waals surface area contributed by atoms with Crippen molar-refractivity contribution in [3.63, 3.8) is 0 Å². The van der Waals surface area contributed by atoms with Gasteiger partial charge >= 0.3 is 0 Å². The van der Waals surface area contributed by atoms with Crippen molar-refractivity contribution in [3.8, 4) is 22.6 Å². The first-order chi connectivity index (χ1) is 19.6. The number of piperidine rings is 1. The largest absolute Gasteiger partial charge is 0.448 e. The van der Waals surface area contributed by atoms with Crippen molar-refractivity contribution in [3.05, 3.63) is 41.2 Å². The van der Waals surface area contributed by atoms with E-state index >= 15 is 0 Å². The number of nitrogens with one attached hydrogen (secondary N) is 1. The van der Waals surface area contributed by atoms with Gasteiger partial charge in [-0.15, -0.1) is 0 Å². The van der Waals surface area contributed by atoms with Gasteiger partial charge in [0.05, 0.1) is 11.5 Å². The van der Waals surface area contributed by atoms with Gasteiger partial charge in [0, 0.05) is 67.1 Å². The van der Waals surface area contributed by atoms with Gasteiger partial charge in [-0.3, -0.25) is 14.6 Å². The molecule has 1 saturated heterocycles. The fraction of sp³-hybridized carbons (Fsp3) is 0.606. The Balaban J connectivity index is 1.36. The van der Waals surface area contributed by atoms with E-state index in [4.69, 9.17) is 9.47 Å². The molecule has 0 radical (unpaired) electrons. The molecule has 4 heterocycles. The van der Waals surface area contributed by atoms with Crippen LogP contribution in [0, 0.1) is 24.7 Å². The normalized spacial score (nSPS) is 31.3. The van der Waals surface area contributed by atoms with E-state index in [0.29, 0.717) is 36.9 Å². The van der Waals surface area contributed by atoms with Crippen molar-refractivity contribution < 1.29 is 19.1 Å². The monoisotopic (exact) mass is 560 g/mol. The van der Waals surface area contributed by atoms with Gasteiger partial charge in [0.25, 0.3) is 11.7 Å². The molecule has 0 bridgehead atoms. The lowest BCUT2D eigenvalue weighted by atomic mass is 9.81. The first kappa shape index (κ1) is 28.0. The zero-order chi connectivity index (χ0) is 29.1. The molecule has 8 heteroatoms. The highest BCUT2D eigenvalue weighted by molar-refractivity contribution is 6.03. The maximum atomic E-state index is 14.2. The fourth-order valence-corrected chi connectivity index (χ4v) is 7.74. The molecule has 220 valence electrons. The van der Waals surface area contributed by atoms with Gasteiger partial charge in [0.1, 0.15) is 0 Å². The molecule has 1 aromatic carbocycles. The topological polar surface area (TPSA) is 84.0 Å². The second-order valence-electron chi connectivity index (χ2n) is 13.2. The van der Waals surface area contributed by atoms with E-state index in [-0.39, 0.29) is 35.6 Å². The van der Waals surface area contributed by atoms with E-state index in [1.165, 1.54) is 0 Å². The molecule has 2 fully saturated rings. The van der Waals surface area contributed by atoms with E-state index in [0.717, 1.165) is 60.1 Å². The average molecular weight is 561 g/mol. The summed E-state index contributed by atoms with van der Waals surface area (Å²) in [6.45, 7) is 9.22. The van der Waals surface area contributed by atoms with Crippen molar-refractivity contribution >= 4 is 11.8 Å². The molecule has 3 unspecified atom stereocenters. The minimum atomic E-state index is -0.791. The fourth-order valence-electron chi connectivity index (χ4n) is 7.74. The Hall–Kier alpha value is -3.13. The van der Waals surface area contributed by atoms with E-state index < -0.39 is 5.79 Å². The highest BCUT2D eigenvalue weighted by atomic mass is 16.7. The van der Waals surface area contributed by atoms with E-state index in [9.17, 15) is 9.59 Å². The summed E-state index contributed by atoms with van der Waals surface area (Å²) >= 11 is 0. The summed E-state index contributed by atoms with van der Waals surface area (Å²) < 4.78 is 13.6. The lowest BCUT2D eigenvalue weighted by Crippen LogP contribution is -2.52. The first-order valence-electron chi connectivity index (χ1n) is 15.3. The van der Waals surface area contributed by atoms with E-state index in [1.807, 2.05) is 37.1 Å². The summed E-state index contributed by atoms with van der Waals surface area (Å²) in [5.74, 6) is 0.914.